The maximum absolute atomic E-state index is 5.86. The van der Waals surface area contributed by atoms with Gasteiger partial charge >= 0.3 is 0 Å². The molecule has 70 valence electrons. The third-order valence-corrected chi connectivity index (χ3v) is 2.89. The van der Waals surface area contributed by atoms with Gasteiger partial charge in [-0.05, 0) is 18.9 Å². The molecule has 2 atom stereocenters. The number of hydrogen-bond acceptors (Lipinski definition) is 1. The van der Waals surface area contributed by atoms with E-state index in [0.717, 1.165) is 12.2 Å². The molecule has 0 amide bonds. The normalized spacial score (nSPS) is 25.4. The largest absolute Gasteiger partial charge is 0.490 e. The minimum absolute atomic E-state index is 0.405. The molecule has 0 fully saturated rings. The van der Waals surface area contributed by atoms with Gasteiger partial charge in [-0.3, -0.25) is 0 Å². The van der Waals surface area contributed by atoms with E-state index in [1.165, 1.54) is 12.0 Å². The van der Waals surface area contributed by atoms with Crippen LogP contribution in [0.25, 0.3) is 0 Å². The lowest BCUT2D eigenvalue weighted by Crippen LogP contribution is -2.16. The maximum Gasteiger partial charge on any atom is 0.123 e. The Kier molecular flexibility index (Phi) is 2.26. The van der Waals surface area contributed by atoms with E-state index < -0.39 is 0 Å². The van der Waals surface area contributed by atoms with E-state index in [1.54, 1.807) is 0 Å². The van der Waals surface area contributed by atoms with Crippen LogP contribution in [-0.4, -0.2) is 6.10 Å². The summed E-state index contributed by atoms with van der Waals surface area (Å²) in [6, 6.07) is 8.42. The van der Waals surface area contributed by atoms with Gasteiger partial charge in [0.1, 0.15) is 11.9 Å². The maximum atomic E-state index is 5.86. The molecule has 0 saturated heterocycles. The van der Waals surface area contributed by atoms with Crippen LogP contribution in [0, 0.1) is 0 Å². The fourth-order valence-corrected chi connectivity index (χ4v) is 2.19. The molecule has 0 bridgehead atoms. The van der Waals surface area contributed by atoms with Crippen LogP contribution < -0.4 is 4.74 Å². The number of para-hydroxylation sites is 1. The molecular formula is C12H16O. The SMILES string of the molecule is CCC1Oc2ccccc2C1CC. The number of ether oxygens (including phenoxy) is 1. The monoisotopic (exact) mass is 176 g/mol. The summed E-state index contributed by atoms with van der Waals surface area (Å²) in [6.45, 7) is 4.43. The van der Waals surface area contributed by atoms with Crippen molar-refractivity contribution in [3.63, 3.8) is 0 Å². The van der Waals surface area contributed by atoms with Gasteiger partial charge in [0.15, 0.2) is 0 Å². The smallest absolute Gasteiger partial charge is 0.123 e. The highest BCUT2D eigenvalue weighted by atomic mass is 16.5. The summed E-state index contributed by atoms with van der Waals surface area (Å²) in [5.41, 5.74) is 1.40. The van der Waals surface area contributed by atoms with Crippen LogP contribution in [0.5, 0.6) is 5.75 Å². The Labute approximate surface area is 79.7 Å². The highest BCUT2D eigenvalue weighted by molar-refractivity contribution is 5.40. The number of benzene rings is 1. The fourth-order valence-electron chi connectivity index (χ4n) is 2.19. The molecule has 1 aliphatic heterocycles. The van der Waals surface area contributed by atoms with Gasteiger partial charge in [0.05, 0.1) is 0 Å². The summed E-state index contributed by atoms with van der Waals surface area (Å²) >= 11 is 0. The number of rotatable bonds is 2. The van der Waals surface area contributed by atoms with Crippen molar-refractivity contribution < 1.29 is 4.74 Å². The third-order valence-electron chi connectivity index (χ3n) is 2.89. The molecule has 13 heavy (non-hydrogen) atoms. The van der Waals surface area contributed by atoms with E-state index >= 15 is 0 Å². The fraction of sp³-hybridized carbons (Fsp3) is 0.500. The van der Waals surface area contributed by atoms with Crippen LogP contribution in [-0.2, 0) is 0 Å². The molecule has 1 aromatic rings. The van der Waals surface area contributed by atoms with Crippen LogP contribution in [0.3, 0.4) is 0 Å². The molecule has 2 unspecified atom stereocenters. The third kappa shape index (κ3) is 1.32. The van der Waals surface area contributed by atoms with E-state index in [4.69, 9.17) is 4.74 Å². The van der Waals surface area contributed by atoms with Crippen molar-refractivity contribution in [3.05, 3.63) is 29.8 Å². The number of hydrogen-bond donors (Lipinski definition) is 0. The number of fused-ring (bicyclic) bond motifs is 1. The molecule has 1 heteroatoms. The lowest BCUT2D eigenvalue weighted by Gasteiger charge is -2.14. The Morgan fingerprint density at radius 3 is 2.62 bits per heavy atom. The summed E-state index contributed by atoms with van der Waals surface area (Å²) in [4.78, 5) is 0. The van der Waals surface area contributed by atoms with Gasteiger partial charge in [0, 0.05) is 11.5 Å². The second kappa shape index (κ2) is 3.41. The predicted octanol–water partition coefficient (Wildman–Crippen LogP) is 3.35. The minimum atomic E-state index is 0.405. The molecule has 1 heterocycles. The van der Waals surface area contributed by atoms with E-state index in [0.29, 0.717) is 12.0 Å². The van der Waals surface area contributed by atoms with Gasteiger partial charge in [-0.2, -0.15) is 0 Å². The van der Waals surface area contributed by atoms with Crippen LogP contribution in [0.15, 0.2) is 24.3 Å². The molecule has 1 nitrogen and oxygen atoms in total. The van der Waals surface area contributed by atoms with Crippen molar-refractivity contribution in [1.82, 2.24) is 0 Å². The van der Waals surface area contributed by atoms with Crippen molar-refractivity contribution in [2.45, 2.75) is 38.7 Å². The van der Waals surface area contributed by atoms with E-state index in [1.807, 2.05) is 6.07 Å². The Morgan fingerprint density at radius 2 is 1.92 bits per heavy atom. The van der Waals surface area contributed by atoms with E-state index in [-0.39, 0.29) is 0 Å². The van der Waals surface area contributed by atoms with Crippen molar-refractivity contribution in [3.8, 4) is 5.75 Å². The molecule has 0 aliphatic carbocycles. The zero-order valence-corrected chi connectivity index (χ0v) is 8.29. The first kappa shape index (κ1) is 8.61. The zero-order valence-electron chi connectivity index (χ0n) is 8.29. The van der Waals surface area contributed by atoms with Gasteiger partial charge in [-0.25, -0.2) is 0 Å². The first-order chi connectivity index (χ1) is 6.36. The van der Waals surface area contributed by atoms with Crippen molar-refractivity contribution in [1.29, 1.82) is 0 Å². The molecule has 2 rings (SSSR count). The molecular weight excluding hydrogens is 160 g/mol. The molecule has 0 aromatic heterocycles. The van der Waals surface area contributed by atoms with E-state index in [2.05, 4.69) is 32.0 Å². The van der Waals surface area contributed by atoms with Gasteiger partial charge in [0.25, 0.3) is 0 Å². The standard InChI is InChI=1S/C12H16O/c1-3-9-10-7-5-6-8-12(10)13-11(9)4-2/h5-9,11H,3-4H2,1-2H3. The van der Waals surface area contributed by atoms with Gasteiger partial charge in [-0.1, -0.05) is 32.0 Å². The Bertz CT molecular complexity index is 293. The Balaban J connectivity index is 2.34. The quantitative estimate of drug-likeness (QED) is 0.671. The molecule has 1 aromatic carbocycles. The van der Waals surface area contributed by atoms with Gasteiger partial charge in [-0.15, -0.1) is 0 Å². The highest BCUT2D eigenvalue weighted by Crippen LogP contribution is 2.40. The molecule has 1 aliphatic rings. The van der Waals surface area contributed by atoms with E-state index in [9.17, 15) is 0 Å². The predicted molar refractivity (Wildman–Crippen MR) is 54.2 cm³/mol. The molecule has 0 spiro atoms. The summed E-state index contributed by atoms with van der Waals surface area (Å²) in [5.74, 6) is 1.71. The van der Waals surface area contributed by atoms with Crippen LogP contribution in [0.4, 0.5) is 0 Å². The minimum Gasteiger partial charge on any atom is -0.490 e. The molecule has 0 radical (unpaired) electrons. The van der Waals surface area contributed by atoms with Crippen LogP contribution in [0.1, 0.15) is 38.2 Å². The van der Waals surface area contributed by atoms with Crippen molar-refractivity contribution in [2.75, 3.05) is 0 Å². The lowest BCUT2D eigenvalue weighted by atomic mass is 9.92. The second-order valence-electron chi connectivity index (χ2n) is 3.62. The van der Waals surface area contributed by atoms with Gasteiger partial charge < -0.3 is 4.74 Å². The van der Waals surface area contributed by atoms with Crippen LogP contribution >= 0.6 is 0 Å². The summed E-state index contributed by atoms with van der Waals surface area (Å²) < 4.78 is 5.86. The second-order valence-corrected chi connectivity index (χ2v) is 3.62. The Morgan fingerprint density at radius 1 is 1.15 bits per heavy atom. The van der Waals surface area contributed by atoms with Crippen molar-refractivity contribution >= 4 is 0 Å². The topological polar surface area (TPSA) is 9.23 Å². The zero-order chi connectivity index (χ0) is 9.26. The first-order valence-electron chi connectivity index (χ1n) is 5.12. The average Bonchev–Trinajstić information content (AvgIpc) is 2.55. The summed E-state index contributed by atoms with van der Waals surface area (Å²) in [6.07, 6.45) is 2.69. The summed E-state index contributed by atoms with van der Waals surface area (Å²) in [5, 5.41) is 0. The average molecular weight is 176 g/mol. The van der Waals surface area contributed by atoms with Gasteiger partial charge in [0.2, 0.25) is 0 Å². The van der Waals surface area contributed by atoms with Crippen LogP contribution in [0.2, 0.25) is 0 Å². The van der Waals surface area contributed by atoms with Crippen molar-refractivity contribution in [2.24, 2.45) is 0 Å². The Hall–Kier alpha value is -0.980. The molecule has 0 saturated carbocycles. The molecule has 0 N–H and O–H groups in total. The highest BCUT2D eigenvalue weighted by Gasteiger charge is 2.30. The summed E-state index contributed by atoms with van der Waals surface area (Å²) in [7, 11) is 0. The lowest BCUT2D eigenvalue weighted by molar-refractivity contribution is 0.198. The first-order valence-corrected chi connectivity index (χ1v) is 5.12.